The van der Waals surface area contributed by atoms with Crippen LogP contribution in [0.25, 0.3) is 0 Å². The Hall–Kier alpha value is -1.95. The molecule has 0 aromatic heterocycles. The monoisotopic (exact) mass is 297 g/mol. The van der Waals surface area contributed by atoms with Crippen molar-refractivity contribution in [3.63, 3.8) is 0 Å². The van der Waals surface area contributed by atoms with Crippen molar-refractivity contribution < 1.29 is 23.7 Å². The van der Waals surface area contributed by atoms with Gasteiger partial charge in [0.15, 0.2) is 11.5 Å². The van der Waals surface area contributed by atoms with E-state index in [9.17, 15) is 4.79 Å². The molecule has 6 heteroatoms. The molecule has 0 amide bonds. The third kappa shape index (κ3) is 4.01. The number of methoxy groups -OCH3 is 2. The maximum Gasteiger partial charge on any atom is 0.329 e. The smallest absolute Gasteiger partial charge is 0.329 e. The first kappa shape index (κ1) is 17.1. The lowest BCUT2D eigenvalue weighted by atomic mass is 10.1. The van der Waals surface area contributed by atoms with E-state index in [2.05, 4.69) is 5.32 Å². The average molecular weight is 297 g/mol. The van der Waals surface area contributed by atoms with Gasteiger partial charge in [-0.1, -0.05) is 6.07 Å². The van der Waals surface area contributed by atoms with Crippen molar-refractivity contribution in [3.8, 4) is 17.2 Å². The minimum absolute atomic E-state index is 0.0824. The number of carbonyl (C=O) groups excluding carboxylic acids is 1. The summed E-state index contributed by atoms with van der Waals surface area (Å²) < 4.78 is 21.3. The molecule has 1 atom stereocenters. The lowest BCUT2D eigenvalue weighted by Gasteiger charge is -2.27. The molecular formula is C15H23NO5. The first-order chi connectivity index (χ1) is 10.0. The number of rotatable bonds is 8. The predicted molar refractivity (Wildman–Crippen MR) is 79.1 cm³/mol. The Balaban J connectivity index is 2.93. The van der Waals surface area contributed by atoms with Gasteiger partial charge in [0.25, 0.3) is 0 Å². The third-order valence-corrected chi connectivity index (χ3v) is 3.17. The highest BCUT2D eigenvalue weighted by atomic mass is 16.6. The molecule has 0 radical (unpaired) electrons. The average Bonchev–Trinajstić information content (AvgIpc) is 2.52. The molecule has 0 aliphatic rings. The third-order valence-electron chi connectivity index (χ3n) is 3.17. The molecule has 1 aromatic carbocycles. The largest absolute Gasteiger partial charge is 0.493 e. The fraction of sp³-hybridized carbons (Fsp3) is 0.533. The number of benzene rings is 1. The minimum atomic E-state index is -0.956. The molecular weight excluding hydrogens is 274 g/mol. The second-order valence-electron chi connectivity index (χ2n) is 4.58. The Bertz CT molecular complexity index is 455. The number of hydrogen-bond acceptors (Lipinski definition) is 6. The van der Waals surface area contributed by atoms with Gasteiger partial charge in [-0.25, -0.2) is 4.79 Å². The van der Waals surface area contributed by atoms with E-state index in [4.69, 9.17) is 18.9 Å². The Kier molecular flexibility index (Phi) is 6.30. The van der Waals surface area contributed by atoms with E-state index in [-0.39, 0.29) is 12.6 Å². The van der Waals surface area contributed by atoms with Crippen molar-refractivity contribution in [1.82, 2.24) is 5.32 Å². The van der Waals surface area contributed by atoms with E-state index in [1.54, 1.807) is 53.3 Å². The highest BCUT2D eigenvalue weighted by Crippen LogP contribution is 2.37. The standard InChI is InChI=1S/C15H23NO5/c1-6-20-14(17)15(2,16-3)10-21-13-11(18-4)8-7-9-12(13)19-5/h7-9,16H,6,10H2,1-5H3. The van der Waals surface area contributed by atoms with Crippen LogP contribution in [0.15, 0.2) is 18.2 Å². The lowest BCUT2D eigenvalue weighted by molar-refractivity contribution is -0.151. The van der Waals surface area contributed by atoms with Crippen LogP contribution in [-0.2, 0) is 9.53 Å². The number of hydrogen-bond donors (Lipinski definition) is 1. The van der Waals surface area contributed by atoms with Gasteiger partial charge in [-0.15, -0.1) is 0 Å². The van der Waals surface area contributed by atoms with Gasteiger partial charge < -0.3 is 24.3 Å². The summed E-state index contributed by atoms with van der Waals surface area (Å²) >= 11 is 0. The maximum atomic E-state index is 12.0. The van der Waals surface area contributed by atoms with Crippen molar-refractivity contribution in [3.05, 3.63) is 18.2 Å². The zero-order valence-electron chi connectivity index (χ0n) is 13.2. The summed E-state index contributed by atoms with van der Waals surface area (Å²) in [7, 11) is 4.77. The summed E-state index contributed by atoms with van der Waals surface area (Å²) in [6, 6.07) is 5.32. The van der Waals surface area contributed by atoms with Gasteiger partial charge in [-0.2, -0.15) is 0 Å². The van der Waals surface area contributed by atoms with Crippen LogP contribution in [0.4, 0.5) is 0 Å². The van der Waals surface area contributed by atoms with Crippen molar-refractivity contribution in [2.75, 3.05) is 34.5 Å². The fourth-order valence-corrected chi connectivity index (χ4v) is 1.70. The number of esters is 1. The van der Waals surface area contributed by atoms with Crippen LogP contribution in [0.2, 0.25) is 0 Å². The number of para-hydroxylation sites is 1. The molecule has 1 unspecified atom stereocenters. The normalized spacial score (nSPS) is 13.2. The Morgan fingerprint density at radius 2 is 1.81 bits per heavy atom. The summed E-state index contributed by atoms with van der Waals surface area (Å²) in [5.41, 5.74) is -0.956. The molecule has 1 N–H and O–H groups in total. The Morgan fingerprint density at radius 3 is 2.24 bits per heavy atom. The Labute approximate surface area is 125 Å². The SMILES string of the molecule is CCOC(=O)C(C)(COc1c(OC)cccc1OC)NC. The molecule has 0 heterocycles. The molecule has 118 valence electrons. The molecule has 0 aliphatic carbocycles. The van der Waals surface area contributed by atoms with E-state index in [1.165, 1.54) is 0 Å². The molecule has 0 bridgehead atoms. The number of likely N-dealkylation sites (N-methyl/N-ethyl adjacent to an activating group) is 1. The number of nitrogens with one attached hydrogen (secondary N) is 1. The molecule has 1 rings (SSSR count). The summed E-state index contributed by atoms with van der Waals surface area (Å²) in [5.74, 6) is 1.16. The maximum absolute atomic E-state index is 12.0. The van der Waals surface area contributed by atoms with Crippen molar-refractivity contribution in [2.24, 2.45) is 0 Å². The van der Waals surface area contributed by atoms with E-state index in [0.29, 0.717) is 23.9 Å². The molecule has 21 heavy (non-hydrogen) atoms. The van der Waals surface area contributed by atoms with Crippen LogP contribution in [0, 0.1) is 0 Å². The van der Waals surface area contributed by atoms with Crippen molar-refractivity contribution >= 4 is 5.97 Å². The zero-order valence-corrected chi connectivity index (χ0v) is 13.2. The number of ether oxygens (including phenoxy) is 4. The molecule has 6 nitrogen and oxygen atoms in total. The van der Waals surface area contributed by atoms with Crippen LogP contribution >= 0.6 is 0 Å². The van der Waals surface area contributed by atoms with Crippen molar-refractivity contribution in [1.29, 1.82) is 0 Å². The van der Waals surface area contributed by atoms with Gasteiger partial charge >= 0.3 is 5.97 Å². The molecule has 0 aliphatic heterocycles. The molecule has 0 fully saturated rings. The van der Waals surface area contributed by atoms with Gasteiger partial charge in [0, 0.05) is 0 Å². The summed E-state index contributed by atoms with van der Waals surface area (Å²) in [4.78, 5) is 12.0. The van der Waals surface area contributed by atoms with Crippen molar-refractivity contribution in [2.45, 2.75) is 19.4 Å². The van der Waals surface area contributed by atoms with Gasteiger partial charge in [-0.05, 0) is 33.0 Å². The highest BCUT2D eigenvalue weighted by Gasteiger charge is 2.34. The van der Waals surface area contributed by atoms with Crippen LogP contribution in [0.1, 0.15) is 13.8 Å². The van der Waals surface area contributed by atoms with Gasteiger partial charge in [0.05, 0.1) is 20.8 Å². The molecule has 0 saturated carbocycles. The Morgan fingerprint density at radius 1 is 1.24 bits per heavy atom. The first-order valence-electron chi connectivity index (χ1n) is 6.72. The lowest BCUT2D eigenvalue weighted by Crippen LogP contribution is -2.53. The van der Waals surface area contributed by atoms with Crippen LogP contribution < -0.4 is 19.5 Å². The van der Waals surface area contributed by atoms with E-state index >= 15 is 0 Å². The predicted octanol–water partition coefficient (Wildman–Crippen LogP) is 1.62. The first-order valence-corrected chi connectivity index (χ1v) is 6.72. The van der Waals surface area contributed by atoms with Crippen LogP contribution in [0.3, 0.4) is 0 Å². The van der Waals surface area contributed by atoms with Gasteiger partial charge in [0.2, 0.25) is 5.75 Å². The van der Waals surface area contributed by atoms with E-state index < -0.39 is 5.54 Å². The van der Waals surface area contributed by atoms with Crippen LogP contribution in [-0.4, -0.2) is 46.0 Å². The molecule has 1 aromatic rings. The second kappa shape index (κ2) is 7.73. The number of carbonyl (C=O) groups is 1. The van der Waals surface area contributed by atoms with Crippen LogP contribution in [0.5, 0.6) is 17.2 Å². The highest BCUT2D eigenvalue weighted by molar-refractivity contribution is 5.80. The zero-order chi connectivity index (χ0) is 15.9. The van der Waals surface area contributed by atoms with E-state index in [1.807, 2.05) is 0 Å². The quantitative estimate of drug-likeness (QED) is 0.736. The summed E-state index contributed by atoms with van der Waals surface area (Å²) in [5, 5.41) is 2.93. The molecule has 0 spiro atoms. The summed E-state index contributed by atoms with van der Waals surface area (Å²) in [6.45, 7) is 3.87. The second-order valence-corrected chi connectivity index (χ2v) is 4.58. The topological polar surface area (TPSA) is 66.0 Å². The van der Waals surface area contributed by atoms with Gasteiger partial charge in [0.1, 0.15) is 12.1 Å². The van der Waals surface area contributed by atoms with Gasteiger partial charge in [-0.3, -0.25) is 0 Å². The minimum Gasteiger partial charge on any atom is -0.493 e. The fourth-order valence-electron chi connectivity index (χ4n) is 1.70. The molecule has 0 saturated heterocycles. The summed E-state index contributed by atoms with van der Waals surface area (Å²) in [6.07, 6.45) is 0. The van der Waals surface area contributed by atoms with E-state index in [0.717, 1.165) is 0 Å².